The second kappa shape index (κ2) is 6.95. The van der Waals surface area contributed by atoms with Crippen molar-refractivity contribution in [2.45, 2.75) is 57.9 Å². The highest BCUT2D eigenvalue weighted by molar-refractivity contribution is 5.43. The van der Waals surface area contributed by atoms with E-state index in [4.69, 9.17) is 9.47 Å². The van der Waals surface area contributed by atoms with E-state index in [-0.39, 0.29) is 12.2 Å². The molecule has 1 aromatic carbocycles. The van der Waals surface area contributed by atoms with Gasteiger partial charge in [-0.3, -0.25) is 0 Å². The largest absolute Gasteiger partial charge is 0.493 e. The van der Waals surface area contributed by atoms with Gasteiger partial charge in [0.05, 0.1) is 13.2 Å². The highest BCUT2D eigenvalue weighted by Gasteiger charge is 2.27. The topological polar surface area (TPSA) is 50.7 Å². The monoisotopic (exact) mass is 279 g/mol. The summed E-state index contributed by atoms with van der Waals surface area (Å²) in [6, 6.07) is 6.41. The molecule has 1 saturated carbocycles. The van der Waals surface area contributed by atoms with Crippen LogP contribution in [0.3, 0.4) is 0 Å². The molecule has 4 heteroatoms. The van der Waals surface area contributed by atoms with E-state index in [9.17, 15) is 5.11 Å². The average Bonchev–Trinajstić information content (AvgIpc) is 2.83. The third-order valence-electron chi connectivity index (χ3n) is 3.64. The van der Waals surface area contributed by atoms with Crippen LogP contribution in [0, 0.1) is 0 Å². The first-order valence-electron chi connectivity index (χ1n) is 7.35. The number of methoxy groups -OCH3 is 1. The fourth-order valence-electron chi connectivity index (χ4n) is 2.45. The summed E-state index contributed by atoms with van der Waals surface area (Å²) in [5.41, 5.74) is 1.16. The molecule has 0 spiro atoms. The zero-order chi connectivity index (χ0) is 14.5. The molecule has 0 aromatic heterocycles. The van der Waals surface area contributed by atoms with Gasteiger partial charge >= 0.3 is 0 Å². The molecule has 1 aliphatic carbocycles. The van der Waals surface area contributed by atoms with Crippen molar-refractivity contribution in [3.05, 3.63) is 23.8 Å². The van der Waals surface area contributed by atoms with Gasteiger partial charge in [-0.15, -0.1) is 0 Å². The van der Waals surface area contributed by atoms with Gasteiger partial charge in [0.25, 0.3) is 0 Å². The molecule has 0 saturated heterocycles. The highest BCUT2D eigenvalue weighted by Crippen LogP contribution is 2.32. The first-order chi connectivity index (χ1) is 9.60. The minimum absolute atomic E-state index is 0.108. The molecule has 112 valence electrons. The fourth-order valence-corrected chi connectivity index (χ4v) is 2.45. The summed E-state index contributed by atoms with van der Waals surface area (Å²) in [5, 5.41) is 13.2. The molecular formula is C16H25NO3. The van der Waals surface area contributed by atoms with Crippen molar-refractivity contribution in [1.82, 2.24) is 5.32 Å². The number of hydrogen-bond donors (Lipinski definition) is 2. The first kappa shape index (κ1) is 15.1. The van der Waals surface area contributed by atoms with Gasteiger partial charge in [-0.05, 0) is 37.0 Å². The molecule has 0 amide bonds. The van der Waals surface area contributed by atoms with Gasteiger partial charge in [-0.25, -0.2) is 0 Å². The van der Waals surface area contributed by atoms with Crippen molar-refractivity contribution in [1.29, 1.82) is 0 Å². The lowest BCUT2D eigenvalue weighted by Gasteiger charge is -2.19. The Hall–Kier alpha value is -1.26. The Morgan fingerprint density at radius 2 is 2.10 bits per heavy atom. The molecule has 1 aliphatic rings. The Bertz CT molecular complexity index is 434. The molecule has 1 fully saturated rings. The molecule has 20 heavy (non-hydrogen) atoms. The quantitative estimate of drug-likeness (QED) is 0.840. The maximum Gasteiger partial charge on any atom is 0.161 e. The van der Waals surface area contributed by atoms with E-state index in [0.29, 0.717) is 11.8 Å². The molecule has 0 heterocycles. The van der Waals surface area contributed by atoms with E-state index in [2.05, 4.69) is 19.2 Å². The number of benzene rings is 1. The second-order valence-corrected chi connectivity index (χ2v) is 5.68. The molecule has 2 unspecified atom stereocenters. The normalized spacial score (nSPS) is 22.2. The molecule has 0 radical (unpaired) electrons. The van der Waals surface area contributed by atoms with Crippen molar-refractivity contribution in [2.75, 3.05) is 7.11 Å². The van der Waals surface area contributed by atoms with Crippen molar-refractivity contribution in [2.24, 2.45) is 0 Å². The van der Waals surface area contributed by atoms with Crippen LogP contribution in [0.1, 0.15) is 38.7 Å². The van der Waals surface area contributed by atoms with Crippen LogP contribution in [-0.4, -0.2) is 30.5 Å². The summed E-state index contributed by atoms with van der Waals surface area (Å²) >= 11 is 0. The molecule has 2 rings (SSSR count). The van der Waals surface area contributed by atoms with E-state index in [1.54, 1.807) is 7.11 Å². The van der Waals surface area contributed by atoms with E-state index in [0.717, 1.165) is 37.1 Å². The van der Waals surface area contributed by atoms with Gasteiger partial charge in [-0.1, -0.05) is 19.9 Å². The number of hydrogen-bond acceptors (Lipinski definition) is 4. The lowest BCUT2D eigenvalue weighted by Crippen LogP contribution is -2.26. The summed E-state index contributed by atoms with van der Waals surface area (Å²) in [4.78, 5) is 0. The lowest BCUT2D eigenvalue weighted by molar-refractivity contribution is 0.0586. The van der Waals surface area contributed by atoms with Crippen molar-refractivity contribution < 1.29 is 14.6 Å². The summed E-state index contributed by atoms with van der Waals surface area (Å²) in [6.07, 6.45) is 2.28. The number of nitrogens with one attached hydrogen (secondary N) is 1. The van der Waals surface area contributed by atoms with Crippen LogP contribution in [-0.2, 0) is 6.54 Å². The van der Waals surface area contributed by atoms with Crippen LogP contribution < -0.4 is 14.8 Å². The maximum absolute atomic E-state index is 9.84. The van der Waals surface area contributed by atoms with Gasteiger partial charge in [0, 0.05) is 12.6 Å². The zero-order valence-corrected chi connectivity index (χ0v) is 12.6. The molecule has 0 aliphatic heterocycles. The van der Waals surface area contributed by atoms with Gasteiger partial charge in [0.2, 0.25) is 0 Å². The summed E-state index contributed by atoms with van der Waals surface area (Å²) in [5.74, 6) is 1.44. The van der Waals surface area contributed by atoms with E-state index in [1.807, 2.05) is 18.2 Å². The lowest BCUT2D eigenvalue weighted by atomic mass is 10.2. The standard InChI is InChI=1S/C16H25NO3/c1-11(2)17-10-12-7-8-15(16(9-12)19-3)20-14-6-4-5-13(14)18/h7-9,11,13-14,17-18H,4-6,10H2,1-3H3. The first-order valence-corrected chi connectivity index (χ1v) is 7.35. The SMILES string of the molecule is COc1cc(CNC(C)C)ccc1OC1CCCC1O. The van der Waals surface area contributed by atoms with Gasteiger partial charge in [0.1, 0.15) is 6.10 Å². The Morgan fingerprint density at radius 1 is 1.30 bits per heavy atom. The third-order valence-corrected chi connectivity index (χ3v) is 3.64. The number of rotatable bonds is 6. The minimum atomic E-state index is -0.359. The van der Waals surface area contributed by atoms with Gasteiger partial charge in [-0.2, -0.15) is 0 Å². The molecular weight excluding hydrogens is 254 g/mol. The van der Waals surface area contributed by atoms with E-state index in [1.165, 1.54) is 0 Å². The van der Waals surface area contributed by atoms with E-state index >= 15 is 0 Å². The van der Waals surface area contributed by atoms with Crippen LogP contribution in [0.4, 0.5) is 0 Å². The minimum Gasteiger partial charge on any atom is -0.493 e. The van der Waals surface area contributed by atoms with Crippen LogP contribution >= 0.6 is 0 Å². The number of aliphatic hydroxyl groups is 1. The fraction of sp³-hybridized carbons (Fsp3) is 0.625. The van der Waals surface area contributed by atoms with Crippen molar-refractivity contribution >= 4 is 0 Å². The summed E-state index contributed by atoms with van der Waals surface area (Å²) in [7, 11) is 1.65. The Kier molecular flexibility index (Phi) is 5.26. The third kappa shape index (κ3) is 3.87. The smallest absolute Gasteiger partial charge is 0.161 e. The van der Waals surface area contributed by atoms with E-state index < -0.39 is 0 Å². The maximum atomic E-state index is 9.84. The van der Waals surface area contributed by atoms with Gasteiger partial charge < -0.3 is 19.9 Å². The highest BCUT2D eigenvalue weighted by atomic mass is 16.5. The molecule has 2 N–H and O–H groups in total. The molecule has 4 nitrogen and oxygen atoms in total. The predicted molar refractivity (Wildman–Crippen MR) is 79.2 cm³/mol. The van der Waals surface area contributed by atoms with Crippen LogP contribution in [0.25, 0.3) is 0 Å². The Balaban J connectivity index is 2.05. The van der Waals surface area contributed by atoms with Crippen LogP contribution in [0.15, 0.2) is 18.2 Å². The van der Waals surface area contributed by atoms with Gasteiger partial charge in [0.15, 0.2) is 11.5 Å². The number of ether oxygens (including phenoxy) is 2. The molecule has 2 atom stereocenters. The number of aliphatic hydroxyl groups excluding tert-OH is 1. The summed E-state index contributed by atoms with van der Waals surface area (Å²) < 4.78 is 11.3. The van der Waals surface area contributed by atoms with Crippen LogP contribution in [0.2, 0.25) is 0 Å². The predicted octanol–water partition coefficient (Wildman–Crippen LogP) is 2.49. The Labute approximate surface area is 121 Å². The van der Waals surface area contributed by atoms with Crippen molar-refractivity contribution in [3.63, 3.8) is 0 Å². The average molecular weight is 279 g/mol. The molecule has 1 aromatic rings. The van der Waals surface area contributed by atoms with Crippen molar-refractivity contribution in [3.8, 4) is 11.5 Å². The second-order valence-electron chi connectivity index (χ2n) is 5.68. The summed E-state index contributed by atoms with van der Waals surface area (Å²) in [6.45, 7) is 5.05. The van der Waals surface area contributed by atoms with Crippen LogP contribution in [0.5, 0.6) is 11.5 Å². The Morgan fingerprint density at radius 3 is 2.70 bits per heavy atom. The molecule has 0 bridgehead atoms. The zero-order valence-electron chi connectivity index (χ0n) is 12.6.